The van der Waals surface area contributed by atoms with Crippen LogP contribution in [0.4, 0.5) is 4.79 Å². The molecule has 5 nitrogen and oxygen atoms in total. The Bertz CT molecular complexity index is 501. The van der Waals surface area contributed by atoms with Gasteiger partial charge in [0.15, 0.2) is 6.54 Å². The van der Waals surface area contributed by atoms with Gasteiger partial charge in [0.05, 0.1) is 6.54 Å². The second-order valence-electron chi connectivity index (χ2n) is 5.51. The van der Waals surface area contributed by atoms with E-state index in [9.17, 15) is 9.59 Å². The highest BCUT2D eigenvalue weighted by atomic mass is 32.1. The maximum absolute atomic E-state index is 12.0. The third-order valence-electron chi connectivity index (χ3n) is 3.99. The van der Waals surface area contributed by atoms with Gasteiger partial charge < -0.3 is 10.2 Å². The lowest BCUT2D eigenvalue weighted by Crippen LogP contribution is -3.14. The zero-order chi connectivity index (χ0) is 15.2. The molecule has 116 valence electrons. The quantitative estimate of drug-likeness (QED) is 0.707. The summed E-state index contributed by atoms with van der Waals surface area (Å²) in [4.78, 5) is 26.2. The first-order valence-corrected chi connectivity index (χ1v) is 8.48. The number of carbonyl (C=O) groups excluding carboxylic acids is 2. The molecule has 0 radical (unpaired) electrons. The molecule has 1 unspecified atom stereocenters. The van der Waals surface area contributed by atoms with Gasteiger partial charge in [0.2, 0.25) is 0 Å². The fourth-order valence-corrected chi connectivity index (χ4v) is 3.67. The molecule has 6 heteroatoms. The Hall–Kier alpha value is -1.40. The molecule has 0 spiro atoms. The van der Waals surface area contributed by atoms with Crippen molar-refractivity contribution in [3.05, 3.63) is 21.9 Å². The van der Waals surface area contributed by atoms with E-state index in [1.165, 1.54) is 15.3 Å². The van der Waals surface area contributed by atoms with E-state index < -0.39 is 0 Å². The van der Waals surface area contributed by atoms with Crippen molar-refractivity contribution in [3.8, 4) is 0 Å². The highest BCUT2D eigenvalue weighted by Gasteiger charge is 2.29. The molecule has 0 fully saturated rings. The van der Waals surface area contributed by atoms with Crippen molar-refractivity contribution >= 4 is 23.3 Å². The molecule has 1 aliphatic heterocycles. The van der Waals surface area contributed by atoms with Gasteiger partial charge in [-0.05, 0) is 24.8 Å². The molecule has 2 atom stereocenters. The molecule has 0 bridgehead atoms. The van der Waals surface area contributed by atoms with Crippen molar-refractivity contribution in [1.82, 2.24) is 10.6 Å². The first-order chi connectivity index (χ1) is 10.1. The number of hydrogen-bond donors (Lipinski definition) is 3. The van der Waals surface area contributed by atoms with Crippen LogP contribution in [-0.2, 0) is 11.2 Å². The van der Waals surface area contributed by atoms with E-state index in [1.54, 1.807) is 11.3 Å². The van der Waals surface area contributed by atoms with Crippen LogP contribution < -0.4 is 15.5 Å². The largest absolute Gasteiger partial charge is 0.338 e. The summed E-state index contributed by atoms with van der Waals surface area (Å²) in [7, 11) is 0. The Morgan fingerprint density at radius 1 is 1.48 bits per heavy atom. The maximum atomic E-state index is 12.0. The Labute approximate surface area is 129 Å². The van der Waals surface area contributed by atoms with E-state index in [4.69, 9.17) is 0 Å². The highest BCUT2D eigenvalue weighted by Crippen LogP contribution is 2.24. The van der Waals surface area contributed by atoms with Gasteiger partial charge in [-0.25, -0.2) is 4.79 Å². The number of hydrogen-bond acceptors (Lipinski definition) is 3. The van der Waals surface area contributed by atoms with Crippen LogP contribution in [0, 0.1) is 0 Å². The topological polar surface area (TPSA) is 62.6 Å². The number of quaternary nitrogens is 1. The van der Waals surface area contributed by atoms with Crippen molar-refractivity contribution in [2.45, 2.75) is 39.2 Å². The molecule has 3 N–H and O–H groups in total. The lowest BCUT2D eigenvalue weighted by atomic mass is 10.0. The molecule has 21 heavy (non-hydrogen) atoms. The fourth-order valence-electron chi connectivity index (χ4n) is 2.69. The Morgan fingerprint density at radius 2 is 2.29 bits per heavy atom. The number of imide groups is 1. The standard InChI is InChI=1S/C15H23N3O2S/c1-3-4-7-16-15(20)17-14(19)10-18-8-5-13-12(11(18)2)6-9-21-13/h6,9,11H,3-5,7-8,10H2,1-2H3,(H2,16,17,19,20)/p+1/t11-/m1/s1. The number of thiophene rings is 1. The monoisotopic (exact) mass is 310 g/mol. The normalized spacial score (nSPS) is 20.7. The van der Waals surface area contributed by atoms with Crippen LogP contribution in [0.25, 0.3) is 0 Å². The predicted octanol–water partition coefficient (Wildman–Crippen LogP) is 0.876. The molecule has 0 saturated carbocycles. The summed E-state index contributed by atoms with van der Waals surface area (Å²) in [6.45, 7) is 6.11. The van der Waals surface area contributed by atoms with Gasteiger partial charge in [0, 0.05) is 23.4 Å². The number of urea groups is 1. The minimum atomic E-state index is -0.381. The van der Waals surface area contributed by atoms with E-state index in [-0.39, 0.29) is 11.9 Å². The summed E-state index contributed by atoms with van der Waals surface area (Å²) >= 11 is 1.79. The summed E-state index contributed by atoms with van der Waals surface area (Å²) in [6, 6.07) is 2.08. The molecule has 1 aromatic heterocycles. The summed E-state index contributed by atoms with van der Waals surface area (Å²) in [5.41, 5.74) is 1.35. The minimum absolute atomic E-state index is 0.204. The van der Waals surface area contributed by atoms with Crippen LogP contribution in [0.3, 0.4) is 0 Å². The Balaban J connectivity index is 1.79. The van der Waals surface area contributed by atoms with Gasteiger partial charge in [0.1, 0.15) is 6.04 Å². The first-order valence-electron chi connectivity index (χ1n) is 7.60. The first kappa shape index (κ1) is 16.0. The molecule has 0 aliphatic carbocycles. The van der Waals surface area contributed by atoms with Crippen molar-refractivity contribution in [2.75, 3.05) is 19.6 Å². The van der Waals surface area contributed by atoms with Crippen molar-refractivity contribution in [1.29, 1.82) is 0 Å². The van der Waals surface area contributed by atoms with Crippen molar-refractivity contribution in [3.63, 3.8) is 0 Å². The van der Waals surface area contributed by atoms with E-state index in [0.29, 0.717) is 19.1 Å². The second-order valence-corrected chi connectivity index (χ2v) is 6.51. The summed E-state index contributed by atoms with van der Waals surface area (Å²) in [5.74, 6) is -0.204. The van der Waals surface area contributed by atoms with Crippen LogP contribution in [-0.4, -0.2) is 31.6 Å². The van der Waals surface area contributed by atoms with E-state index in [0.717, 1.165) is 25.8 Å². The molecular weight excluding hydrogens is 286 g/mol. The molecular formula is C15H24N3O2S+. The smallest absolute Gasteiger partial charge is 0.321 e. The van der Waals surface area contributed by atoms with Gasteiger partial charge in [-0.1, -0.05) is 13.3 Å². The SMILES string of the molecule is CCCCNC(=O)NC(=O)C[NH+]1CCc2sccc2[C@H]1C. The average Bonchev–Trinajstić information content (AvgIpc) is 2.91. The minimum Gasteiger partial charge on any atom is -0.338 e. The maximum Gasteiger partial charge on any atom is 0.321 e. The van der Waals surface area contributed by atoms with Crippen LogP contribution in [0.1, 0.15) is 43.2 Å². The molecule has 1 aliphatic rings. The summed E-state index contributed by atoms with van der Waals surface area (Å²) in [5, 5.41) is 7.23. The van der Waals surface area contributed by atoms with E-state index in [2.05, 4.69) is 35.9 Å². The number of nitrogens with one attached hydrogen (secondary N) is 3. The third kappa shape index (κ3) is 4.28. The molecule has 0 aromatic carbocycles. The molecule has 2 rings (SSSR count). The third-order valence-corrected chi connectivity index (χ3v) is 4.98. The fraction of sp³-hybridized carbons (Fsp3) is 0.600. The van der Waals surface area contributed by atoms with Crippen LogP contribution in [0.15, 0.2) is 11.4 Å². The lowest BCUT2D eigenvalue weighted by Gasteiger charge is -2.29. The average molecular weight is 310 g/mol. The second kappa shape index (κ2) is 7.56. The van der Waals surface area contributed by atoms with Crippen molar-refractivity contribution in [2.24, 2.45) is 0 Å². The summed E-state index contributed by atoms with van der Waals surface area (Å²) in [6.07, 6.45) is 2.96. The van der Waals surface area contributed by atoms with Gasteiger partial charge >= 0.3 is 6.03 Å². The van der Waals surface area contributed by atoms with E-state index in [1.807, 2.05) is 0 Å². The van der Waals surface area contributed by atoms with E-state index >= 15 is 0 Å². The molecule has 1 aromatic rings. The van der Waals surface area contributed by atoms with Crippen LogP contribution in [0.2, 0.25) is 0 Å². The number of unbranched alkanes of at least 4 members (excludes halogenated alkanes) is 1. The lowest BCUT2D eigenvalue weighted by molar-refractivity contribution is -0.924. The number of carbonyl (C=O) groups is 2. The number of amides is 3. The molecule has 2 heterocycles. The van der Waals surface area contributed by atoms with Crippen LogP contribution >= 0.6 is 11.3 Å². The highest BCUT2D eigenvalue weighted by molar-refractivity contribution is 7.10. The van der Waals surface area contributed by atoms with Crippen molar-refractivity contribution < 1.29 is 14.5 Å². The Morgan fingerprint density at radius 3 is 3.05 bits per heavy atom. The van der Waals surface area contributed by atoms with Gasteiger partial charge in [-0.2, -0.15) is 0 Å². The zero-order valence-electron chi connectivity index (χ0n) is 12.7. The van der Waals surface area contributed by atoms with Gasteiger partial charge in [-0.3, -0.25) is 10.1 Å². The van der Waals surface area contributed by atoms with Gasteiger partial charge in [0.25, 0.3) is 5.91 Å². The summed E-state index contributed by atoms with van der Waals surface area (Å²) < 4.78 is 0. The predicted molar refractivity (Wildman–Crippen MR) is 83.6 cm³/mol. The number of rotatable bonds is 5. The zero-order valence-corrected chi connectivity index (χ0v) is 13.5. The molecule has 0 saturated heterocycles. The number of fused-ring (bicyclic) bond motifs is 1. The van der Waals surface area contributed by atoms with Crippen LogP contribution in [0.5, 0.6) is 0 Å². The Kier molecular flexibility index (Phi) is 5.76. The molecule has 3 amide bonds. The van der Waals surface area contributed by atoms with Gasteiger partial charge in [-0.15, -0.1) is 11.3 Å².